The molecule has 0 saturated carbocycles. The summed E-state index contributed by atoms with van der Waals surface area (Å²) in [5, 5.41) is 12.4. The maximum atomic E-state index is 11.9. The Kier molecular flexibility index (Phi) is 5.31. The van der Waals surface area contributed by atoms with Crippen LogP contribution in [0.4, 0.5) is 5.69 Å². The predicted octanol–water partition coefficient (Wildman–Crippen LogP) is 2.70. The molecule has 0 aromatic heterocycles. The summed E-state index contributed by atoms with van der Waals surface area (Å²) in [6, 6.07) is 11.1. The molecule has 2 rings (SSSR count). The van der Waals surface area contributed by atoms with E-state index in [0.717, 1.165) is 0 Å². The Morgan fingerprint density at radius 2 is 1.83 bits per heavy atom. The van der Waals surface area contributed by atoms with Crippen molar-refractivity contribution in [2.75, 3.05) is 11.9 Å². The predicted molar refractivity (Wildman–Crippen MR) is 88.2 cm³/mol. The lowest BCUT2D eigenvalue weighted by Gasteiger charge is -2.09. The number of amides is 1. The number of ketones is 1. The van der Waals surface area contributed by atoms with Crippen LogP contribution in [-0.4, -0.2) is 29.4 Å². The Hall–Kier alpha value is -3.15. The van der Waals surface area contributed by atoms with Gasteiger partial charge < -0.3 is 15.2 Å². The number of esters is 1. The highest BCUT2D eigenvalue weighted by Crippen LogP contribution is 2.22. The third-order valence-electron chi connectivity index (χ3n) is 3.34. The molecular formula is C18H17NO5. The summed E-state index contributed by atoms with van der Waals surface area (Å²) >= 11 is 0. The molecule has 0 radical (unpaired) electrons. The van der Waals surface area contributed by atoms with E-state index >= 15 is 0 Å². The fraction of sp³-hybridized carbons (Fsp3) is 0.167. The molecule has 0 atom stereocenters. The minimum absolute atomic E-state index is 0.00128. The number of benzene rings is 2. The van der Waals surface area contributed by atoms with Crippen molar-refractivity contribution in [3.05, 3.63) is 59.2 Å². The summed E-state index contributed by atoms with van der Waals surface area (Å²) in [6.45, 7) is 2.58. The van der Waals surface area contributed by atoms with Crippen LogP contribution in [0.1, 0.15) is 33.2 Å². The van der Waals surface area contributed by atoms with Crippen molar-refractivity contribution in [2.45, 2.75) is 13.8 Å². The van der Waals surface area contributed by atoms with Crippen LogP contribution in [-0.2, 0) is 9.53 Å². The number of para-hydroxylation sites is 1. The van der Waals surface area contributed by atoms with Crippen molar-refractivity contribution in [2.24, 2.45) is 0 Å². The third-order valence-corrected chi connectivity index (χ3v) is 3.34. The second-order valence-corrected chi connectivity index (χ2v) is 5.23. The molecule has 6 nitrogen and oxygen atoms in total. The molecule has 0 saturated heterocycles. The summed E-state index contributed by atoms with van der Waals surface area (Å²) in [6.07, 6.45) is 0. The van der Waals surface area contributed by atoms with Crippen molar-refractivity contribution < 1.29 is 24.2 Å². The van der Waals surface area contributed by atoms with E-state index in [4.69, 9.17) is 4.74 Å². The average Bonchev–Trinajstić information content (AvgIpc) is 2.55. The van der Waals surface area contributed by atoms with E-state index in [1.165, 1.54) is 19.1 Å². The lowest BCUT2D eigenvalue weighted by molar-refractivity contribution is -0.119. The van der Waals surface area contributed by atoms with Crippen LogP contribution < -0.4 is 5.32 Å². The summed E-state index contributed by atoms with van der Waals surface area (Å²) in [4.78, 5) is 35.1. The van der Waals surface area contributed by atoms with Gasteiger partial charge in [0, 0.05) is 11.3 Å². The summed E-state index contributed by atoms with van der Waals surface area (Å²) in [7, 11) is 0. The Labute approximate surface area is 139 Å². The smallest absolute Gasteiger partial charge is 0.342 e. The molecule has 0 fully saturated rings. The molecular weight excluding hydrogens is 310 g/mol. The van der Waals surface area contributed by atoms with Gasteiger partial charge in [0.2, 0.25) is 0 Å². The molecule has 124 valence electrons. The molecule has 1 amide bonds. The lowest BCUT2D eigenvalue weighted by atomic mass is 10.1. The summed E-state index contributed by atoms with van der Waals surface area (Å²) < 4.78 is 4.90. The largest absolute Gasteiger partial charge is 0.507 e. The van der Waals surface area contributed by atoms with Crippen LogP contribution in [0.3, 0.4) is 0 Å². The average molecular weight is 327 g/mol. The van der Waals surface area contributed by atoms with Gasteiger partial charge >= 0.3 is 5.97 Å². The zero-order chi connectivity index (χ0) is 17.7. The number of rotatable bonds is 5. The number of phenolic OH excluding ortho intramolecular Hbond substituents is 1. The molecule has 2 aromatic rings. The maximum Gasteiger partial charge on any atom is 0.342 e. The first-order valence-corrected chi connectivity index (χ1v) is 7.25. The number of hydrogen-bond acceptors (Lipinski definition) is 5. The van der Waals surface area contributed by atoms with Crippen LogP contribution in [0, 0.1) is 6.92 Å². The van der Waals surface area contributed by atoms with Gasteiger partial charge in [-0.05, 0) is 37.6 Å². The van der Waals surface area contributed by atoms with Crippen molar-refractivity contribution >= 4 is 23.3 Å². The summed E-state index contributed by atoms with van der Waals surface area (Å²) in [5.41, 5.74) is 1.44. The van der Waals surface area contributed by atoms with Crippen LogP contribution in [0.25, 0.3) is 0 Å². The van der Waals surface area contributed by atoms with Gasteiger partial charge in [-0.15, -0.1) is 0 Å². The zero-order valence-electron chi connectivity index (χ0n) is 13.3. The number of anilines is 1. The molecule has 6 heteroatoms. The Balaban J connectivity index is 1.96. The molecule has 0 bridgehead atoms. The Morgan fingerprint density at radius 1 is 1.12 bits per heavy atom. The van der Waals surface area contributed by atoms with Gasteiger partial charge in [0.1, 0.15) is 11.3 Å². The van der Waals surface area contributed by atoms with Crippen molar-refractivity contribution in [1.82, 2.24) is 0 Å². The minimum Gasteiger partial charge on any atom is -0.507 e. The summed E-state index contributed by atoms with van der Waals surface area (Å²) in [5.74, 6) is -1.62. The van der Waals surface area contributed by atoms with E-state index in [0.29, 0.717) is 16.8 Å². The standard InChI is InChI=1S/C18H17NO5/c1-11-5-3-8-15(17(11)22)18(23)24-10-16(21)19-14-7-4-6-13(9-14)12(2)20/h3-9,22H,10H2,1-2H3,(H,19,21). The van der Waals surface area contributed by atoms with Crippen LogP contribution in [0.5, 0.6) is 5.75 Å². The molecule has 0 spiro atoms. The molecule has 0 aliphatic rings. The SMILES string of the molecule is CC(=O)c1cccc(NC(=O)COC(=O)c2cccc(C)c2O)c1. The van der Waals surface area contributed by atoms with E-state index in [1.807, 2.05) is 0 Å². The number of aryl methyl sites for hydroxylation is 1. The highest BCUT2D eigenvalue weighted by Gasteiger charge is 2.15. The molecule has 0 unspecified atom stereocenters. The lowest BCUT2D eigenvalue weighted by Crippen LogP contribution is -2.21. The topological polar surface area (TPSA) is 92.7 Å². The van der Waals surface area contributed by atoms with Gasteiger partial charge in [-0.2, -0.15) is 0 Å². The van der Waals surface area contributed by atoms with E-state index in [-0.39, 0.29) is 17.1 Å². The first kappa shape index (κ1) is 17.2. The van der Waals surface area contributed by atoms with Crippen LogP contribution in [0.2, 0.25) is 0 Å². The van der Waals surface area contributed by atoms with Crippen molar-refractivity contribution in [1.29, 1.82) is 0 Å². The zero-order valence-corrected chi connectivity index (χ0v) is 13.3. The van der Waals surface area contributed by atoms with Crippen LogP contribution >= 0.6 is 0 Å². The van der Waals surface area contributed by atoms with E-state index in [9.17, 15) is 19.5 Å². The number of carbonyl (C=O) groups excluding carboxylic acids is 3. The second-order valence-electron chi connectivity index (χ2n) is 5.23. The molecule has 2 aromatic carbocycles. The van der Waals surface area contributed by atoms with Gasteiger partial charge in [-0.1, -0.05) is 24.3 Å². The van der Waals surface area contributed by atoms with E-state index < -0.39 is 18.5 Å². The monoisotopic (exact) mass is 327 g/mol. The van der Waals surface area contributed by atoms with Gasteiger partial charge in [0.25, 0.3) is 5.91 Å². The molecule has 0 heterocycles. The van der Waals surface area contributed by atoms with Crippen molar-refractivity contribution in [3.63, 3.8) is 0 Å². The number of hydrogen-bond donors (Lipinski definition) is 2. The Morgan fingerprint density at radius 3 is 2.54 bits per heavy atom. The third kappa shape index (κ3) is 4.19. The van der Waals surface area contributed by atoms with E-state index in [2.05, 4.69) is 5.32 Å². The van der Waals surface area contributed by atoms with Gasteiger partial charge in [-0.25, -0.2) is 4.79 Å². The fourth-order valence-electron chi connectivity index (χ4n) is 2.05. The maximum absolute atomic E-state index is 11.9. The molecule has 0 aliphatic heterocycles. The van der Waals surface area contributed by atoms with Gasteiger partial charge in [-0.3, -0.25) is 9.59 Å². The normalized spacial score (nSPS) is 10.1. The van der Waals surface area contributed by atoms with Gasteiger partial charge in [0.15, 0.2) is 12.4 Å². The molecule has 0 aliphatic carbocycles. The number of carbonyl (C=O) groups is 3. The van der Waals surface area contributed by atoms with E-state index in [1.54, 1.807) is 37.3 Å². The highest BCUT2D eigenvalue weighted by atomic mass is 16.5. The fourth-order valence-corrected chi connectivity index (χ4v) is 2.05. The van der Waals surface area contributed by atoms with Crippen LogP contribution in [0.15, 0.2) is 42.5 Å². The minimum atomic E-state index is -0.788. The molecule has 2 N–H and O–H groups in total. The van der Waals surface area contributed by atoms with Crippen molar-refractivity contribution in [3.8, 4) is 5.75 Å². The number of Topliss-reactive ketones (excluding diaryl/α,β-unsaturated/α-hetero) is 1. The van der Waals surface area contributed by atoms with Gasteiger partial charge in [0.05, 0.1) is 0 Å². The molecule has 24 heavy (non-hydrogen) atoms. The highest BCUT2D eigenvalue weighted by molar-refractivity contribution is 5.99. The number of phenols is 1. The number of nitrogens with one attached hydrogen (secondary N) is 1. The number of ether oxygens (including phenoxy) is 1. The second kappa shape index (κ2) is 7.41. The quantitative estimate of drug-likeness (QED) is 0.650. The number of aromatic hydroxyl groups is 1. The first-order chi connectivity index (χ1) is 11.4. The first-order valence-electron chi connectivity index (χ1n) is 7.25. The Bertz CT molecular complexity index is 798.